The number of nitrogens with one attached hydrogen (secondary N) is 1. The van der Waals surface area contributed by atoms with E-state index in [4.69, 9.17) is 0 Å². The molecule has 1 atom stereocenters. The Morgan fingerprint density at radius 2 is 1.71 bits per heavy atom. The molecule has 2 aromatic rings. The molecule has 1 aliphatic rings. The van der Waals surface area contributed by atoms with Crippen LogP contribution in [0.5, 0.6) is 0 Å². The van der Waals surface area contributed by atoms with Crippen LogP contribution in [0, 0.1) is 5.82 Å². The predicted octanol–water partition coefficient (Wildman–Crippen LogP) is 3.28. The Kier molecular flexibility index (Phi) is 7.67. The van der Waals surface area contributed by atoms with Gasteiger partial charge in [-0.25, -0.2) is 12.8 Å². The van der Waals surface area contributed by atoms with Crippen LogP contribution in [-0.2, 0) is 27.9 Å². The van der Waals surface area contributed by atoms with Crippen molar-refractivity contribution < 1.29 is 17.6 Å². The first-order chi connectivity index (χ1) is 14.8. The summed E-state index contributed by atoms with van der Waals surface area (Å²) in [5.74, 6) is -1.15. The minimum absolute atomic E-state index is 0.127. The highest BCUT2D eigenvalue weighted by molar-refractivity contribution is 7.92. The van der Waals surface area contributed by atoms with Gasteiger partial charge in [-0.15, -0.1) is 0 Å². The first kappa shape index (κ1) is 23.2. The van der Waals surface area contributed by atoms with Gasteiger partial charge in [-0.3, -0.25) is 14.0 Å². The zero-order valence-electron chi connectivity index (χ0n) is 18.1. The van der Waals surface area contributed by atoms with Crippen LogP contribution in [0.3, 0.4) is 0 Å². The Morgan fingerprint density at radius 3 is 2.29 bits per heavy atom. The van der Waals surface area contributed by atoms with E-state index in [9.17, 15) is 17.6 Å². The molecule has 0 aromatic heterocycles. The lowest BCUT2D eigenvalue weighted by Crippen LogP contribution is -2.49. The largest absolute Gasteiger partial charge is 0.350 e. The molecule has 31 heavy (non-hydrogen) atoms. The topological polar surface area (TPSA) is 69.7 Å². The molecule has 0 aliphatic carbocycles. The zero-order chi connectivity index (χ0) is 22.4. The van der Waals surface area contributed by atoms with Gasteiger partial charge >= 0.3 is 0 Å². The van der Waals surface area contributed by atoms with Crippen molar-refractivity contribution in [3.05, 3.63) is 65.5 Å². The standard InChI is InChI=1S/C23H30FN3O3S/c1-3-21(27(31(2,29)30)22-9-5-4-8-20(22)24)23(28)25-16-18-10-12-19(13-11-18)17-26-14-6-7-15-26/h4-5,8-13,21H,3,6-7,14-17H2,1-2H3,(H,25,28)/t21-/m1/s1. The van der Waals surface area contributed by atoms with E-state index in [2.05, 4.69) is 22.3 Å². The Morgan fingerprint density at radius 1 is 1.10 bits per heavy atom. The molecule has 1 N–H and O–H groups in total. The Labute approximate surface area is 184 Å². The lowest BCUT2D eigenvalue weighted by atomic mass is 10.1. The van der Waals surface area contributed by atoms with Gasteiger partial charge < -0.3 is 5.32 Å². The number of hydrogen-bond acceptors (Lipinski definition) is 4. The third-order valence-corrected chi connectivity index (χ3v) is 6.68. The first-order valence-electron chi connectivity index (χ1n) is 10.6. The number of amides is 1. The van der Waals surface area contributed by atoms with E-state index in [0.717, 1.165) is 35.8 Å². The van der Waals surface area contributed by atoms with Crippen molar-refractivity contribution >= 4 is 21.6 Å². The third kappa shape index (κ3) is 6.04. The molecular weight excluding hydrogens is 417 g/mol. The van der Waals surface area contributed by atoms with Crippen LogP contribution in [0.1, 0.15) is 37.3 Å². The average Bonchev–Trinajstić information content (AvgIpc) is 3.24. The molecule has 0 spiro atoms. The van der Waals surface area contributed by atoms with Gasteiger partial charge in [0.15, 0.2) is 0 Å². The van der Waals surface area contributed by atoms with E-state index in [0.29, 0.717) is 0 Å². The van der Waals surface area contributed by atoms with E-state index in [1.54, 1.807) is 13.0 Å². The zero-order valence-corrected chi connectivity index (χ0v) is 18.9. The van der Waals surface area contributed by atoms with Gasteiger partial charge in [-0.2, -0.15) is 0 Å². The Bertz CT molecular complexity index is 989. The van der Waals surface area contributed by atoms with Crippen molar-refractivity contribution in [2.45, 2.75) is 45.3 Å². The number of halogens is 1. The van der Waals surface area contributed by atoms with Crippen LogP contribution in [0.25, 0.3) is 0 Å². The minimum Gasteiger partial charge on any atom is -0.350 e. The molecule has 1 fully saturated rings. The van der Waals surface area contributed by atoms with Gasteiger partial charge in [-0.05, 0) is 55.6 Å². The lowest BCUT2D eigenvalue weighted by Gasteiger charge is -2.30. The monoisotopic (exact) mass is 447 g/mol. The minimum atomic E-state index is -3.87. The molecule has 2 aromatic carbocycles. The van der Waals surface area contributed by atoms with Gasteiger partial charge in [0.1, 0.15) is 11.9 Å². The molecule has 1 heterocycles. The molecular formula is C23H30FN3O3S. The summed E-state index contributed by atoms with van der Waals surface area (Å²) in [5, 5.41) is 2.81. The predicted molar refractivity (Wildman–Crippen MR) is 121 cm³/mol. The maximum absolute atomic E-state index is 14.3. The second-order valence-corrected chi connectivity index (χ2v) is 9.81. The number of hydrogen-bond donors (Lipinski definition) is 1. The van der Waals surface area contributed by atoms with E-state index in [1.165, 1.54) is 36.6 Å². The van der Waals surface area contributed by atoms with E-state index in [1.807, 2.05) is 12.1 Å². The van der Waals surface area contributed by atoms with Gasteiger partial charge in [-0.1, -0.05) is 43.3 Å². The number of benzene rings is 2. The number of para-hydroxylation sites is 1. The van der Waals surface area contributed by atoms with E-state index in [-0.39, 0.29) is 18.7 Å². The molecule has 1 aliphatic heterocycles. The second kappa shape index (κ2) is 10.2. The van der Waals surface area contributed by atoms with Gasteiger partial charge in [0, 0.05) is 13.1 Å². The summed E-state index contributed by atoms with van der Waals surface area (Å²) in [6, 6.07) is 12.6. The van der Waals surface area contributed by atoms with Crippen LogP contribution in [-0.4, -0.2) is 44.6 Å². The average molecular weight is 448 g/mol. The molecule has 0 radical (unpaired) electrons. The number of nitrogens with zero attached hydrogens (tertiary/aromatic N) is 2. The molecule has 3 rings (SSSR count). The quantitative estimate of drug-likeness (QED) is 0.641. The molecule has 8 heteroatoms. The van der Waals surface area contributed by atoms with Crippen LogP contribution in [0.15, 0.2) is 48.5 Å². The Hall–Kier alpha value is -2.45. The fraction of sp³-hybridized carbons (Fsp3) is 0.435. The summed E-state index contributed by atoms with van der Waals surface area (Å²) in [4.78, 5) is 15.3. The van der Waals surface area contributed by atoms with Crippen LogP contribution in [0.4, 0.5) is 10.1 Å². The number of likely N-dealkylation sites (tertiary alicyclic amines) is 1. The van der Waals surface area contributed by atoms with Gasteiger partial charge in [0.2, 0.25) is 15.9 Å². The van der Waals surface area contributed by atoms with E-state index < -0.39 is 27.8 Å². The van der Waals surface area contributed by atoms with Gasteiger partial charge in [0.25, 0.3) is 0 Å². The number of anilines is 1. The fourth-order valence-electron chi connectivity index (χ4n) is 3.93. The molecule has 0 unspecified atom stereocenters. The summed E-state index contributed by atoms with van der Waals surface area (Å²) in [7, 11) is -3.87. The first-order valence-corrected chi connectivity index (χ1v) is 12.5. The summed E-state index contributed by atoms with van der Waals surface area (Å²) in [6.07, 6.45) is 3.69. The number of sulfonamides is 1. The molecule has 1 amide bonds. The highest BCUT2D eigenvalue weighted by Gasteiger charge is 2.32. The molecule has 0 bridgehead atoms. The SMILES string of the molecule is CC[C@H](C(=O)NCc1ccc(CN2CCCC2)cc1)N(c1ccccc1F)S(C)(=O)=O. The van der Waals surface area contributed by atoms with E-state index >= 15 is 0 Å². The smallest absolute Gasteiger partial charge is 0.244 e. The van der Waals surface area contributed by atoms with Crippen LogP contribution in [0.2, 0.25) is 0 Å². The van der Waals surface area contributed by atoms with Crippen LogP contribution < -0.4 is 9.62 Å². The Balaban J connectivity index is 1.67. The summed E-state index contributed by atoms with van der Waals surface area (Å²) >= 11 is 0. The summed E-state index contributed by atoms with van der Waals surface area (Å²) in [6.45, 7) is 5.17. The number of carbonyl (C=O) groups excluding carboxylic acids is 1. The summed E-state index contributed by atoms with van der Waals surface area (Å²) in [5.41, 5.74) is 2.02. The maximum Gasteiger partial charge on any atom is 0.244 e. The van der Waals surface area contributed by atoms with Gasteiger partial charge in [0.05, 0.1) is 11.9 Å². The highest BCUT2D eigenvalue weighted by atomic mass is 32.2. The van der Waals surface area contributed by atoms with Crippen molar-refractivity contribution in [1.29, 1.82) is 0 Å². The van der Waals surface area contributed by atoms with Crippen molar-refractivity contribution in [3.8, 4) is 0 Å². The molecule has 1 saturated heterocycles. The highest BCUT2D eigenvalue weighted by Crippen LogP contribution is 2.25. The maximum atomic E-state index is 14.3. The molecule has 6 nitrogen and oxygen atoms in total. The lowest BCUT2D eigenvalue weighted by molar-refractivity contribution is -0.122. The van der Waals surface area contributed by atoms with Crippen LogP contribution >= 0.6 is 0 Å². The summed E-state index contributed by atoms with van der Waals surface area (Å²) < 4.78 is 40.0. The molecule has 0 saturated carbocycles. The number of carbonyl (C=O) groups is 1. The fourth-order valence-corrected chi connectivity index (χ4v) is 5.15. The third-order valence-electron chi connectivity index (χ3n) is 5.51. The second-order valence-electron chi connectivity index (χ2n) is 7.95. The van der Waals surface area contributed by atoms with Crippen molar-refractivity contribution in [2.75, 3.05) is 23.7 Å². The normalized spacial score (nSPS) is 15.6. The van der Waals surface area contributed by atoms with Crippen molar-refractivity contribution in [2.24, 2.45) is 0 Å². The number of rotatable bonds is 9. The van der Waals surface area contributed by atoms with Crippen molar-refractivity contribution in [1.82, 2.24) is 10.2 Å². The van der Waals surface area contributed by atoms with Crippen molar-refractivity contribution in [3.63, 3.8) is 0 Å². The molecule has 168 valence electrons.